The van der Waals surface area contributed by atoms with Gasteiger partial charge in [0.2, 0.25) is 0 Å². The molecule has 0 saturated carbocycles. The summed E-state index contributed by atoms with van der Waals surface area (Å²) in [5.74, 6) is 1.29. The number of ether oxygens (including phenoxy) is 1. The smallest absolute Gasteiger partial charge is 0.253 e. The van der Waals surface area contributed by atoms with Crippen molar-refractivity contribution in [2.75, 3.05) is 13.7 Å². The monoisotopic (exact) mass is 353 g/mol. The van der Waals surface area contributed by atoms with E-state index in [1.165, 1.54) is 0 Å². The average molecular weight is 353 g/mol. The maximum atomic E-state index is 12.7. The molecule has 136 valence electrons. The van der Waals surface area contributed by atoms with E-state index in [0.29, 0.717) is 22.5 Å². The van der Waals surface area contributed by atoms with E-state index in [1.807, 2.05) is 49.7 Å². The Bertz CT molecular complexity index is 964. The fourth-order valence-electron chi connectivity index (χ4n) is 2.94. The van der Waals surface area contributed by atoms with E-state index < -0.39 is 0 Å². The summed E-state index contributed by atoms with van der Waals surface area (Å²) in [6.07, 6.45) is 0. The van der Waals surface area contributed by atoms with E-state index in [9.17, 15) is 4.79 Å². The van der Waals surface area contributed by atoms with Crippen LogP contribution in [-0.2, 0) is 7.05 Å². The van der Waals surface area contributed by atoms with Gasteiger partial charge in [-0.3, -0.25) is 4.79 Å². The van der Waals surface area contributed by atoms with E-state index in [0.717, 1.165) is 17.1 Å². The number of carbonyl (C=O) groups is 1. The summed E-state index contributed by atoms with van der Waals surface area (Å²) in [7, 11) is 3.49. The van der Waals surface area contributed by atoms with Gasteiger partial charge in [0.1, 0.15) is 17.1 Å². The highest BCUT2D eigenvalue weighted by molar-refractivity contribution is 6.04. The molecule has 0 aliphatic heterocycles. The number of hydrogen-bond donors (Lipinski definition) is 2. The number of nitrogens with two attached hydrogens (primary N) is 1. The number of para-hydroxylation sites is 1. The summed E-state index contributed by atoms with van der Waals surface area (Å²) in [6.45, 7) is 4.03. The lowest BCUT2D eigenvalue weighted by Crippen LogP contribution is -2.32. The number of carbonyl (C=O) groups excluding carboxylic acids is 1. The number of aromatic nitrogens is 3. The molecular formula is C19H23N5O2. The van der Waals surface area contributed by atoms with E-state index >= 15 is 0 Å². The zero-order valence-corrected chi connectivity index (χ0v) is 15.4. The van der Waals surface area contributed by atoms with Crippen LogP contribution in [0.1, 0.15) is 33.5 Å². The molecule has 1 aromatic carbocycles. The lowest BCUT2D eigenvalue weighted by molar-refractivity contribution is 0.0952. The first kappa shape index (κ1) is 17.9. The molecule has 7 heteroatoms. The van der Waals surface area contributed by atoms with Crippen LogP contribution in [-0.4, -0.2) is 34.1 Å². The first-order valence-corrected chi connectivity index (χ1v) is 8.39. The Balaban J connectivity index is 1.83. The molecule has 7 nitrogen and oxygen atoms in total. The molecule has 3 aromatic rings. The summed E-state index contributed by atoms with van der Waals surface area (Å²) < 4.78 is 7.21. The first-order valence-electron chi connectivity index (χ1n) is 8.39. The van der Waals surface area contributed by atoms with Crippen molar-refractivity contribution in [1.29, 1.82) is 0 Å². The Kier molecular flexibility index (Phi) is 4.90. The molecular weight excluding hydrogens is 330 g/mol. The number of nitrogens with one attached hydrogen (secondary N) is 1. The van der Waals surface area contributed by atoms with Crippen molar-refractivity contribution in [3.63, 3.8) is 0 Å². The summed E-state index contributed by atoms with van der Waals surface area (Å²) in [4.78, 5) is 21.7. The molecule has 26 heavy (non-hydrogen) atoms. The van der Waals surface area contributed by atoms with Crippen LogP contribution in [0, 0.1) is 13.8 Å². The second-order valence-corrected chi connectivity index (χ2v) is 6.26. The summed E-state index contributed by atoms with van der Waals surface area (Å²) in [5, 5.41) is 2.90. The molecule has 1 atom stereocenters. The molecule has 0 radical (unpaired) electrons. The number of imidazole rings is 1. The van der Waals surface area contributed by atoms with Crippen molar-refractivity contribution in [3.8, 4) is 5.75 Å². The third-order valence-electron chi connectivity index (χ3n) is 4.44. The van der Waals surface area contributed by atoms with Crippen LogP contribution in [0.5, 0.6) is 5.75 Å². The predicted molar refractivity (Wildman–Crippen MR) is 100 cm³/mol. The van der Waals surface area contributed by atoms with E-state index in [4.69, 9.17) is 10.5 Å². The van der Waals surface area contributed by atoms with Gasteiger partial charge in [0, 0.05) is 24.8 Å². The van der Waals surface area contributed by atoms with Crippen LogP contribution in [0.2, 0.25) is 0 Å². The predicted octanol–water partition coefficient (Wildman–Crippen LogP) is 2.02. The molecule has 0 spiro atoms. The largest absolute Gasteiger partial charge is 0.496 e. The average Bonchev–Trinajstić information content (AvgIpc) is 2.93. The minimum absolute atomic E-state index is 0.219. The van der Waals surface area contributed by atoms with Crippen LogP contribution in [0.15, 0.2) is 30.3 Å². The van der Waals surface area contributed by atoms with Gasteiger partial charge < -0.3 is 20.4 Å². The Hall–Kier alpha value is -2.93. The highest BCUT2D eigenvalue weighted by Crippen LogP contribution is 2.23. The van der Waals surface area contributed by atoms with Crippen LogP contribution >= 0.6 is 0 Å². The van der Waals surface area contributed by atoms with Gasteiger partial charge >= 0.3 is 0 Å². The van der Waals surface area contributed by atoms with Crippen molar-refractivity contribution in [2.45, 2.75) is 19.9 Å². The summed E-state index contributed by atoms with van der Waals surface area (Å²) in [6, 6.07) is 8.90. The third-order valence-corrected chi connectivity index (χ3v) is 4.44. The topological polar surface area (TPSA) is 95.1 Å². The number of nitrogens with zero attached hydrogens (tertiary/aromatic N) is 3. The lowest BCUT2D eigenvalue weighted by atomic mass is 10.1. The number of fused-ring (bicyclic) bond motifs is 1. The maximum absolute atomic E-state index is 12.7. The molecule has 1 unspecified atom stereocenters. The lowest BCUT2D eigenvalue weighted by Gasteiger charge is -2.16. The van der Waals surface area contributed by atoms with Crippen molar-refractivity contribution >= 4 is 17.1 Å². The van der Waals surface area contributed by atoms with Gasteiger partial charge in [-0.15, -0.1) is 0 Å². The van der Waals surface area contributed by atoms with Gasteiger partial charge in [-0.25, -0.2) is 9.97 Å². The van der Waals surface area contributed by atoms with E-state index in [-0.39, 0.29) is 18.5 Å². The Morgan fingerprint density at radius 1 is 1.31 bits per heavy atom. The number of hydrogen-bond acceptors (Lipinski definition) is 5. The zero-order chi connectivity index (χ0) is 18.8. The standard InChI is InChI=1S/C19H23N5O2/c1-11-9-14(17-18(22-11)24(3)12(2)23-17)19(25)21-10-15(20)13-7-5-6-8-16(13)26-4/h5-9,15H,10,20H2,1-4H3,(H,21,25). The summed E-state index contributed by atoms with van der Waals surface area (Å²) in [5.41, 5.74) is 9.65. The zero-order valence-electron chi connectivity index (χ0n) is 15.4. The molecule has 0 aliphatic carbocycles. The minimum atomic E-state index is -0.376. The van der Waals surface area contributed by atoms with Gasteiger partial charge in [0.15, 0.2) is 5.65 Å². The fourth-order valence-corrected chi connectivity index (χ4v) is 2.94. The van der Waals surface area contributed by atoms with Gasteiger partial charge in [0.25, 0.3) is 5.91 Å². The molecule has 0 saturated heterocycles. The van der Waals surface area contributed by atoms with Gasteiger partial charge in [-0.1, -0.05) is 18.2 Å². The third kappa shape index (κ3) is 3.25. The Morgan fingerprint density at radius 2 is 2.04 bits per heavy atom. The van der Waals surface area contributed by atoms with Gasteiger partial charge in [0.05, 0.1) is 18.7 Å². The number of rotatable bonds is 5. The van der Waals surface area contributed by atoms with Crippen LogP contribution in [0.25, 0.3) is 11.2 Å². The Labute approximate surface area is 152 Å². The molecule has 2 heterocycles. The Morgan fingerprint density at radius 3 is 2.77 bits per heavy atom. The number of methoxy groups -OCH3 is 1. The summed E-state index contributed by atoms with van der Waals surface area (Å²) >= 11 is 0. The quantitative estimate of drug-likeness (QED) is 0.732. The molecule has 1 amide bonds. The van der Waals surface area contributed by atoms with Crippen molar-refractivity contribution in [1.82, 2.24) is 19.9 Å². The molecule has 0 bridgehead atoms. The van der Waals surface area contributed by atoms with Crippen molar-refractivity contribution < 1.29 is 9.53 Å². The molecule has 0 fully saturated rings. The van der Waals surface area contributed by atoms with Gasteiger partial charge in [-0.05, 0) is 26.0 Å². The van der Waals surface area contributed by atoms with Gasteiger partial charge in [-0.2, -0.15) is 0 Å². The molecule has 3 N–H and O–H groups in total. The van der Waals surface area contributed by atoms with E-state index in [2.05, 4.69) is 15.3 Å². The molecule has 0 aliphatic rings. The second-order valence-electron chi connectivity index (χ2n) is 6.26. The normalized spacial score (nSPS) is 12.2. The van der Waals surface area contributed by atoms with Crippen molar-refractivity contribution in [2.24, 2.45) is 12.8 Å². The molecule has 2 aromatic heterocycles. The minimum Gasteiger partial charge on any atom is -0.496 e. The van der Waals surface area contributed by atoms with Crippen LogP contribution in [0.3, 0.4) is 0 Å². The fraction of sp³-hybridized carbons (Fsp3) is 0.316. The maximum Gasteiger partial charge on any atom is 0.253 e. The number of pyridine rings is 1. The van der Waals surface area contributed by atoms with E-state index in [1.54, 1.807) is 13.2 Å². The van der Waals surface area contributed by atoms with Crippen LogP contribution in [0.4, 0.5) is 0 Å². The second kappa shape index (κ2) is 7.13. The first-order chi connectivity index (χ1) is 12.4. The SMILES string of the molecule is COc1ccccc1C(N)CNC(=O)c1cc(C)nc2c1nc(C)n2C. The number of amides is 1. The number of benzene rings is 1. The number of aryl methyl sites for hydroxylation is 3. The molecule has 3 rings (SSSR count). The van der Waals surface area contributed by atoms with Crippen molar-refractivity contribution in [3.05, 3.63) is 53.0 Å². The highest BCUT2D eigenvalue weighted by Gasteiger charge is 2.18. The highest BCUT2D eigenvalue weighted by atomic mass is 16.5. The van der Waals surface area contributed by atoms with Crippen LogP contribution < -0.4 is 15.8 Å².